The lowest BCUT2D eigenvalue weighted by Gasteiger charge is -2.33. The van der Waals surface area contributed by atoms with Crippen LogP contribution in [0.4, 0.5) is 5.00 Å². The minimum Gasteiger partial charge on any atom is -0.490 e. The molecule has 3 rings (SSSR count). The van der Waals surface area contributed by atoms with Crippen LogP contribution in [0.15, 0.2) is 23.2 Å². The third-order valence-corrected chi connectivity index (χ3v) is 6.60. The van der Waals surface area contributed by atoms with E-state index >= 15 is 0 Å². The molecule has 1 heterocycles. The third-order valence-electron chi connectivity index (χ3n) is 5.44. The molecule has 0 unspecified atom stereocenters. The number of hydrogen-bond acceptors (Lipinski definition) is 6. The zero-order chi connectivity index (χ0) is 21.9. The first-order valence-electron chi connectivity index (χ1n) is 10.3. The molecule has 0 spiro atoms. The van der Waals surface area contributed by atoms with Crippen molar-refractivity contribution >= 4 is 28.5 Å². The molecule has 6 heteroatoms. The molecule has 0 aliphatic heterocycles. The Morgan fingerprint density at radius 2 is 2.13 bits per heavy atom. The molecular weight excluding hydrogens is 396 g/mol. The number of thiophene rings is 1. The molecule has 5 nitrogen and oxygen atoms in total. The van der Waals surface area contributed by atoms with Crippen molar-refractivity contribution in [3.05, 3.63) is 39.8 Å². The number of carbonyl (C=O) groups excluding carboxylic acids is 1. The Labute approximate surface area is 182 Å². The number of benzene rings is 1. The van der Waals surface area contributed by atoms with Gasteiger partial charge < -0.3 is 9.47 Å². The van der Waals surface area contributed by atoms with Gasteiger partial charge in [0.2, 0.25) is 0 Å². The number of fused-ring (bicyclic) bond motifs is 1. The maximum absolute atomic E-state index is 11.3. The topological polar surface area (TPSA) is 71.7 Å². The summed E-state index contributed by atoms with van der Waals surface area (Å²) >= 11 is 1.63. The van der Waals surface area contributed by atoms with Gasteiger partial charge in [-0.15, -0.1) is 11.3 Å². The summed E-state index contributed by atoms with van der Waals surface area (Å²) in [5, 5.41) is 10.5. The van der Waals surface area contributed by atoms with E-state index < -0.39 is 5.97 Å². The van der Waals surface area contributed by atoms with Crippen molar-refractivity contribution in [3.8, 4) is 17.6 Å². The van der Waals surface area contributed by atoms with Crippen molar-refractivity contribution < 1.29 is 14.3 Å². The monoisotopic (exact) mass is 424 g/mol. The maximum Gasteiger partial charge on any atom is 0.308 e. The average molecular weight is 425 g/mol. The number of nitriles is 1. The smallest absolute Gasteiger partial charge is 0.308 e. The van der Waals surface area contributed by atoms with Gasteiger partial charge in [0.05, 0.1) is 12.2 Å². The quantitative estimate of drug-likeness (QED) is 0.343. The molecule has 1 aromatic carbocycles. The summed E-state index contributed by atoms with van der Waals surface area (Å²) in [6.45, 7) is 10.6. The summed E-state index contributed by atoms with van der Waals surface area (Å²) in [5.41, 5.74) is 2.96. The molecule has 0 fully saturated rings. The molecule has 0 bridgehead atoms. The summed E-state index contributed by atoms with van der Waals surface area (Å²) in [5.74, 6) is 1.11. The first-order valence-corrected chi connectivity index (χ1v) is 11.1. The summed E-state index contributed by atoms with van der Waals surface area (Å²) in [7, 11) is 0. The second-order valence-corrected chi connectivity index (χ2v) is 9.68. The number of ether oxygens (including phenoxy) is 2. The van der Waals surface area contributed by atoms with Crippen molar-refractivity contribution in [2.45, 2.75) is 53.9 Å². The van der Waals surface area contributed by atoms with E-state index in [1.54, 1.807) is 29.7 Å². The van der Waals surface area contributed by atoms with E-state index in [0.717, 1.165) is 29.8 Å². The highest BCUT2D eigenvalue weighted by Crippen LogP contribution is 2.44. The predicted molar refractivity (Wildman–Crippen MR) is 120 cm³/mol. The lowest BCUT2D eigenvalue weighted by molar-refractivity contribution is -0.132. The van der Waals surface area contributed by atoms with Gasteiger partial charge in [0.25, 0.3) is 0 Å². The van der Waals surface area contributed by atoms with E-state index in [-0.39, 0.29) is 5.41 Å². The van der Waals surface area contributed by atoms with Crippen molar-refractivity contribution in [3.63, 3.8) is 0 Å². The predicted octanol–water partition coefficient (Wildman–Crippen LogP) is 5.85. The molecule has 1 aromatic heterocycles. The van der Waals surface area contributed by atoms with Crippen LogP contribution in [-0.2, 0) is 17.6 Å². The maximum atomic E-state index is 11.3. The molecular formula is C24H28N2O3S. The molecule has 158 valence electrons. The first kappa shape index (κ1) is 22.0. The summed E-state index contributed by atoms with van der Waals surface area (Å²) < 4.78 is 10.8. The fourth-order valence-electron chi connectivity index (χ4n) is 3.76. The van der Waals surface area contributed by atoms with Gasteiger partial charge in [0, 0.05) is 18.0 Å². The Morgan fingerprint density at radius 1 is 1.37 bits per heavy atom. The Kier molecular flexibility index (Phi) is 6.62. The number of rotatable bonds is 5. The van der Waals surface area contributed by atoms with Crippen LogP contribution < -0.4 is 9.47 Å². The molecule has 0 amide bonds. The van der Waals surface area contributed by atoms with Crippen molar-refractivity contribution in [2.75, 3.05) is 6.61 Å². The molecule has 0 radical (unpaired) electrons. The molecule has 0 saturated heterocycles. The van der Waals surface area contributed by atoms with Crippen LogP contribution in [0.25, 0.3) is 0 Å². The van der Waals surface area contributed by atoms with E-state index in [1.807, 2.05) is 13.0 Å². The Balaban J connectivity index is 1.88. The minimum atomic E-state index is -0.395. The zero-order valence-corrected chi connectivity index (χ0v) is 19.1. The summed E-state index contributed by atoms with van der Waals surface area (Å²) in [6, 6.07) is 7.68. The van der Waals surface area contributed by atoms with E-state index in [1.165, 1.54) is 17.4 Å². The van der Waals surface area contributed by atoms with Crippen LogP contribution in [0.2, 0.25) is 0 Å². The van der Waals surface area contributed by atoms with Gasteiger partial charge in [-0.3, -0.25) is 4.79 Å². The number of hydrogen-bond donors (Lipinski definition) is 0. The zero-order valence-electron chi connectivity index (χ0n) is 18.2. The average Bonchev–Trinajstić information content (AvgIpc) is 3.04. The molecule has 0 N–H and O–H groups in total. The molecule has 0 saturated carbocycles. The number of esters is 1. The molecule has 1 atom stereocenters. The first-order chi connectivity index (χ1) is 14.2. The van der Waals surface area contributed by atoms with Crippen LogP contribution in [0.3, 0.4) is 0 Å². The Bertz CT molecular complexity index is 1010. The molecule has 1 aliphatic rings. The minimum absolute atomic E-state index is 0.261. The highest BCUT2D eigenvalue weighted by molar-refractivity contribution is 7.16. The second kappa shape index (κ2) is 9.01. The largest absolute Gasteiger partial charge is 0.490 e. The molecule has 2 aromatic rings. The van der Waals surface area contributed by atoms with E-state index in [2.05, 4.69) is 31.8 Å². The van der Waals surface area contributed by atoms with Crippen molar-refractivity contribution in [1.82, 2.24) is 0 Å². The second-order valence-electron chi connectivity index (χ2n) is 8.59. The van der Waals surface area contributed by atoms with Gasteiger partial charge in [0.15, 0.2) is 11.5 Å². The highest BCUT2D eigenvalue weighted by Gasteiger charge is 2.32. The van der Waals surface area contributed by atoms with E-state index in [9.17, 15) is 10.1 Å². The van der Waals surface area contributed by atoms with Crippen LogP contribution in [0, 0.1) is 22.7 Å². The van der Waals surface area contributed by atoms with Gasteiger partial charge in [-0.05, 0) is 66.8 Å². The number of carbonyl (C=O) groups is 1. The number of nitrogens with zero attached hydrogens (tertiary/aromatic N) is 2. The van der Waals surface area contributed by atoms with Gasteiger partial charge in [0.1, 0.15) is 11.1 Å². The van der Waals surface area contributed by atoms with Crippen LogP contribution >= 0.6 is 11.3 Å². The van der Waals surface area contributed by atoms with Gasteiger partial charge in [-0.1, -0.05) is 20.8 Å². The highest BCUT2D eigenvalue weighted by atomic mass is 32.1. The lowest BCUT2D eigenvalue weighted by Crippen LogP contribution is -2.26. The lowest BCUT2D eigenvalue weighted by atomic mass is 9.72. The van der Waals surface area contributed by atoms with Crippen molar-refractivity contribution in [1.29, 1.82) is 5.26 Å². The fraction of sp³-hybridized carbons (Fsp3) is 0.458. The van der Waals surface area contributed by atoms with Crippen LogP contribution in [0.1, 0.15) is 62.6 Å². The van der Waals surface area contributed by atoms with E-state index in [4.69, 9.17) is 9.47 Å². The Hall–Kier alpha value is -2.65. The SMILES string of the molecule is CCOc1cc(C=Nc2sc3c(c2C#N)CC[C@H](C(C)(C)C)C3)ccc1OC(C)=O. The normalized spacial score (nSPS) is 16.2. The van der Waals surface area contributed by atoms with Crippen molar-refractivity contribution in [2.24, 2.45) is 16.3 Å². The van der Waals surface area contributed by atoms with Gasteiger partial charge >= 0.3 is 5.97 Å². The third kappa shape index (κ3) is 4.91. The van der Waals surface area contributed by atoms with Crippen LogP contribution in [-0.4, -0.2) is 18.8 Å². The summed E-state index contributed by atoms with van der Waals surface area (Å²) in [6.07, 6.45) is 4.80. The molecule has 1 aliphatic carbocycles. The van der Waals surface area contributed by atoms with Crippen LogP contribution in [0.5, 0.6) is 11.5 Å². The standard InChI is InChI=1S/C24H28N2O3S/c1-6-28-21-11-16(7-10-20(21)29-15(2)27)14-26-23-19(13-25)18-9-8-17(24(3,4)5)12-22(18)30-23/h7,10-11,14,17H,6,8-9,12H2,1-5H3/t17-/m0/s1. The number of aliphatic imine (C=N–C) groups is 1. The fourth-order valence-corrected chi connectivity index (χ4v) is 4.98. The van der Waals surface area contributed by atoms with Gasteiger partial charge in [-0.25, -0.2) is 4.99 Å². The Morgan fingerprint density at radius 3 is 2.77 bits per heavy atom. The molecule has 30 heavy (non-hydrogen) atoms. The van der Waals surface area contributed by atoms with E-state index in [0.29, 0.717) is 29.6 Å². The summed E-state index contributed by atoms with van der Waals surface area (Å²) in [4.78, 5) is 17.2. The van der Waals surface area contributed by atoms with Gasteiger partial charge in [-0.2, -0.15) is 5.26 Å².